The third-order valence-electron chi connectivity index (χ3n) is 2.12. The van der Waals surface area contributed by atoms with E-state index in [0.717, 1.165) is 6.42 Å². The molecule has 0 aliphatic carbocycles. The van der Waals surface area contributed by atoms with Gasteiger partial charge in [-0.1, -0.05) is 30.1 Å². The number of nitrogens with one attached hydrogen (secondary N) is 1. The lowest BCUT2D eigenvalue weighted by Crippen LogP contribution is -2.36. The summed E-state index contributed by atoms with van der Waals surface area (Å²) >= 11 is 11.7. The molecule has 1 rings (SSSR count). The first-order valence-corrected chi connectivity index (χ1v) is 6.19. The standard InChI is InChI=1S/C12H15Cl2NO2/c1-3-6-15-12(16)8(2)17-11-5-4-9(13)7-10(11)14/h4-5,7-8H,3,6H2,1-2H3,(H,15,16). The highest BCUT2D eigenvalue weighted by molar-refractivity contribution is 6.35. The first-order valence-electron chi connectivity index (χ1n) is 5.44. The molecule has 0 aliphatic rings. The van der Waals surface area contributed by atoms with E-state index in [0.29, 0.717) is 22.3 Å². The van der Waals surface area contributed by atoms with Crippen molar-refractivity contribution in [2.24, 2.45) is 0 Å². The van der Waals surface area contributed by atoms with Gasteiger partial charge in [-0.15, -0.1) is 0 Å². The second-order valence-electron chi connectivity index (χ2n) is 3.63. The maximum Gasteiger partial charge on any atom is 0.260 e. The maximum atomic E-state index is 11.6. The van der Waals surface area contributed by atoms with Crippen molar-refractivity contribution in [1.82, 2.24) is 5.32 Å². The van der Waals surface area contributed by atoms with Crippen LogP contribution in [0, 0.1) is 0 Å². The summed E-state index contributed by atoms with van der Waals surface area (Å²) in [6.07, 6.45) is 0.306. The van der Waals surface area contributed by atoms with Gasteiger partial charge in [-0.3, -0.25) is 4.79 Å². The average molecular weight is 276 g/mol. The first-order chi connectivity index (χ1) is 8.04. The van der Waals surface area contributed by atoms with Gasteiger partial charge >= 0.3 is 0 Å². The largest absolute Gasteiger partial charge is 0.479 e. The topological polar surface area (TPSA) is 38.3 Å². The molecule has 5 heteroatoms. The van der Waals surface area contributed by atoms with Crippen molar-refractivity contribution in [1.29, 1.82) is 0 Å². The van der Waals surface area contributed by atoms with Gasteiger partial charge in [0.25, 0.3) is 5.91 Å². The van der Waals surface area contributed by atoms with Gasteiger partial charge in [-0.25, -0.2) is 0 Å². The lowest BCUT2D eigenvalue weighted by atomic mass is 10.3. The van der Waals surface area contributed by atoms with E-state index in [1.165, 1.54) is 0 Å². The summed E-state index contributed by atoms with van der Waals surface area (Å²) in [6, 6.07) is 4.89. The van der Waals surface area contributed by atoms with E-state index >= 15 is 0 Å². The molecule has 1 unspecified atom stereocenters. The Morgan fingerprint density at radius 3 is 2.76 bits per heavy atom. The maximum absolute atomic E-state index is 11.6. The Bertz CT molecular complexity index is 396. The Morgan fingerprint density at radius 2 is 2.18 bits per heavy atom. The monoisotopic (exact) mass is 275 g/mol. The van der Waals surface area contributed by atoms with Crippen LogP contribution < -0.4 is 10.1 Å². The fourth-order valence-electron chi connectivity index (χ4n) is 1.21. The Labute approximate surface area is 111 Å². The van der Waals surface area contributed by atoms with Crippen molar-refractivity contribution in [3.63, 3.8) is 0 Å². The summed E-state index contributed by atoms with van der Waals surface area (Å²) in [4.78, 5) is 11.6. The minimum atomic E-state index is -0.583. The molecule has 3 nitrogen and oxygen atoms in total. The summed E-state index contributed by atoms with van der Waals surface area (Å²) in [6.45, 7) is 4.30. The van der Waals surface area contributed by atoms with Gasteiger partial charge in [-0.05, 0) is 31.5 Å². The summed E-state index contributed by atoms with van der Waals surface area (Å²) in [5, 5.41) is 3.68. The van der Waals surface area contributed by atoms with E-state index < -0.39 is 6.10 Å². The van der Waals surface area contributed by atoms with Crippen LogP contribution in [-0.4, -0.2) is 18.6 Å². The second-order valence-corrected chi connectivity index (χ2v) is 4.47. The van der Waals surface area contributed by atoms with Gasteiger partial charge in [-0.2, -0.15) is 0 Å². The fraction of sp³-hybridized carbons (Fsp3) is 0.417. The number of hydrogen-bond acceptors (Lipinski definition) is 2. The zero-order valence-corrected chi connectivity index (χ0v) is 11.3. The minimum Gasteiger partial charge on any atom is -0.479 e. The lowest BCUT2D eigenvalue weighted by Gasteiger charge is -2.15. The lowest BCUT2D eigenvalue weighted by molar-refractivity contribution is -0.127. The summed E-state index contributed by atoms with van der Waals surface area (Å²) in [5.74, 6) is 0.299. The van der Waals surface area contributed by atoms with E-state index in [1.807, 2.05) is 6.92 Å². The number of halogens is 2. The fourth-order valence-corrected chi connectivity index (χ4v) is 1.66. The van der Waals surface area contributed by atoms with E-state index in [1.54, 1.807) is 25.1 Å². The molecule has 0 saturated heterocycles. The third kappa shape index (κ3) is 4.44. The molecule has 0 aliphatic heterocycles. The zero-order valence-electron chi connectivity index (χ0n) is 9.80. The summed E-state index contributed by atoms with van der Waals surface area (Å²) in [5.41, 5.74) is 0. The van der Waals surface area contributed by atoms with Crippen LogP contribution in [0.15, 0.2) is 18.2 Å². The zero-order chi connectivity index (χ0) is 12.8. The van der Waals surface area contributed by atoms with E-state index in [-0.39, 0.29) is 5.91 Å². The Kier molecular flexibility index (Phi) is 5.59. The molecule has 0 fully saturated rings. The molecule has 0 aromatic heterocycles. The first kappa shape index (κ1) is 14.1. The number of carbonyl (C=O) groups is 1. The van der Waals surface area contributed by atoms with Crippen LogP contribution in [0.4, 0.5) is 0 Å². The number of benzene rings is 1. The van der Waals surface area contributed by atoms with Crippen molar-refractivity contribution >= 4 is 29.1 Å². The van der Waals surface area contributed by atoms with E-state index in [9.17, 15) is 4.79 Å². The Hall–Kier alpha value is -0.930. The Morgan fingerprint density at radius 1 is 1.47 bits per heavy atom. The van der Waals surface area contributed by atoms with Crippen LogP contribution in [0.25, 0.3) is 0 Å². The summed E-state index contributed by atoms with van der Waals surface area (Å²) < 4.78 is 5.46. The van der Waals surface area contributed by atoms with Crippen molar-refractivity contribution in [2.45, 2.75) is 26.4 Å². The molecule has 1 aromatic rings. The number of rotatable bonds is 5. The second kappa shape index (κ2) is 6.72. The van der Waals surface area contributed by atoms with Crippen molar-refractivity contribution in [3.05, 3.63) is 28.2 Å². The molecule has 1 N–H and O–H groups in total. The minimum absolute atomic E-state index is 0.155. The summed E-state index contributed by atoms with van der Waals surface area (Å²) in [7, 11) is 0. The van der Waals surface area contributed by atoms with Gasteiger partial charge in [0.2, 0.25) is 0 Å². The van der Waals surface area contributed by atoms with E-state index in [4.69, 9.17) is 27.9 Å². The van der Waals surface area contributed by atoms with Crippen molar-refractivity contribution in [2.75, 3.05) is 6.54 Å². The average Bonchev–Trinajstić information content (AvgIpc) is 2.29. The highest BCUT2D eigenvalue weighted by atomic mass is 35.5. The quantitative estimate of drug-likeness (QED) is 0.896. The molecule has 17 heavy (non-hydrogen) atoms. The molecular weight excluding hydrogens is 261 g/mol. The molecular formula is C12H15Cl2NO2. The molecule has 94 valence electrons. The molecule has 1 aromatic carbocycles. The van der Waals surface area contributed by atoms with Crippen LogP contribution in [0.1, 0.15) is 20.3 Å². The number of ether oxygens (including phenoxy) is 1. The molecule has 0 spiro atoms. The molecule has 0 heterocycles. The molecule has 1 amide bonds. The Balaban J connectivity index is 2.61. The van der Waals surface area contributed by atoms with Crippen LogP contribution in [0.5, 0.6) is 5.75 Å². The normalized spacial score (nSPS) is 12.0. The SMILES string of the molecule is CCCNC(=O)C(C)Oc1ccc(Cl)cc1Cl. The van der Waals surface area contributed by atoms with Gasteiger partial charge < -0.3 is 10.1 Å². The molecule has 0 radical (unpaired) electrons. The number of hydrogen-bond donors (Lipinski definition) is 1. The van der Waals surface area contributed by atoms with E-state index in [2.05, 4.69) is 5.32 Å². The highest BCUT2D eigenvalue weighted by Crippen LogP contribution is 2.28. The van der Waals surface area contributed by atoms with Crippen LogP contribution in [-0.2, 0) is 4.79 Å². The van der Waals surface area contributed by atoms with Crippen LogP contribution in [0.2, 0.25) is 10.0 Å². The molecule has 0 bridgehead atoms. The van der Waals surface area contributed by atoms with Crippen LogP contribution >= 0.6 is 23.2 Å². The highest BCUT2D eigenvalue weighted by Gasteiger charge is 2.15. The van der Waals surface area contributed by atoms with Gasteiger partial charge in [0.15, 0.2) is 6.10 Å². The van der Waals surface area contributed by atoms with Crippen LogP contribution in [0.3, 0.4) is 0 Å². The smallest absolute Gasteiger partial charge is 0.260 e. The van der Waals surface area contributed by atoms with Crippen molar-refractivity contribution < 1.29 is 9.53 Å². The van der Waals surface area contributed by atoms with Gasteiger partial charge in [0.1, 0.15) is 5.75 Å². The van der Waals surface area contributed by atoms with Gasteiger partial charge in [0, 0.05) is 11.6 Å². The van der Waals surface area contributed by atoms with Gasteiger partial charge in [0.05, 0.1) is 5.02 Å². The molecule has 1 atom stereocenters. The molecule has 0 saturated carbocycles. The predicted octanol–water partition coefficient (Wildman–Crippen LogP) is 3.29. The predicted molar refractivity (Wildman–Crippen MR) is 69.9 cm³/mol. The number of amides is 1. The number of carbonyl (C=O) groups excluding carboxylic acids is 1. The van der Waals surface area contributed by atoms with Crippen molar-refractivity contribution in [3.8, 4) is 5.75 Å². The third-order valence-corrected chi connectivity index (χ3v) is 2.65.